The van der Waals surface area contributed by atoms with Crippen LogP contribution in [0.3, 0.4) is 0 Å². The summed E-state index contributed by atoms with van der Waals surface area (Å²) >= 11 is 4.86. The van der Waals surface area contributed by atoms with Crippen LogP contribution in [-0.4, -0.2) is 42.1 Å². The van der Waals surface area contributed by atoms with E-state index in [9.17, 15) is 4.79 Å². The van der Waals surface area contributed by atoms with Crippen molar-refractivity contribution in [1.82, 2.24) is 4.90 Å². The molecule has 5 heteroatoms. The van der Waals surface area contributed by atoms with E-state index in [2.05, 4.69) is 6.92 Å². The van der Waals surface area contributed by atoms with Crippen molar-refractivity contribution in [1.29, 1.82) is 0 Å². The minimum Gasteiger partial charge on any atom is -0.393 e. The predicted octanol–water partition coefficient (Wildman–Crippen LogP) is 2.11. The molecule has 2 N–H and O–H groups in total. The Balaban J connectivity index is 4.05. The number of hydrogen-bond donors (Lipinski definition) is 1. The molecule has 0 saturated heterocycles. The molecule has 0 aromatic rings. The maximum absolute atomic E-state index is 12.0. The highest BCUT2D eigenvalue weighted by atomic mass is 32.1. The molecule has 0 fully saturated rings. The smallest absolute Gasteiger partial charge is 0.222 e. The first-order valence-corrected chi connectivity index (χ1v) is 7.16. The summed E-state index contributed by atoms with van der Waals surface area (Å²) in [4.78, 5) is 14.3. The Morgan fingerprint density at radius 3 is 2.50 bits per heavy atom. The van der Waals surface area contributed by atoms with Gasteiger partial charge in [0.05, 0.1) is 4.99 Å². The Morgan fingerprint density at radius 1 is 1.22 bits per heavy atom. The van der Waals surface area contributed by atoms with Crippen LogP contribution in [0.2, 0.25) is 0 Å². The van der Waals surface area contributed by atoms with Crippen LogP contribution < -0.4 is 5.73 Å². The van der Waals surface area contributed by atoms with E-state index in [1.807, 2.05) is 11.8 Å². The Bertz CT molecular complexity index is 247. The van der Waals surface area contributed by atoms with Crippen LogP contribution in [0.15, 0.2) is 0 Å². The number of carbonyl (C=O) groups is 1. The predicted molar refractivity (Wildman–Crippen MR) is 78.6 cm³/mol. The maximum atomic E-state index is 12.0. The lowest BCUT2D eigenvalue weighted by molar-refractivity contribution is -0.131. The zero-order chi connectivity index (χ0) is 13.8. The summed E-state index contributed by atoms with van der Waals surface area (Å²) < 4.78 is 5.28. The van der Waals surface area contributed by atoms with Gasteiger partial charge >= 0.3 is 0 Å². The highest BCUT2D eigenvalue weighted by Gasteiger charge is 2.12. The van der Waals surface area contributed by atoms with Gasteiger partial charge in [-0.25, -0.2) is 0 Å². The molecule has 0 rings (SSSR count). The van der Waals surface area contributed by atoms with Gasteiger partial charge in [0.2, 0.25) is 5.91 Å². The quantitative estimate of drug-likeness (QED) is 0.463. The lowest BCUT2D eigenvalue weighted by Gasteiger charge is -2.22. The van der Waals surface area contributed by atoms with E-state index >= 15 is 0 Å². The van der Waals surface area contributed by atoms with Crippen molar-refractivity contribution in [3.8, 4) is 0 Å². The second kappa shape index (κ2) is 11.4. The Hall–Kier alpha value is -0.680. The molecule has 0 radical (unpaired) electrons. The number of rotatable bonds is 11. The molecule has 0 aromatic carbocycles. The highest BCUT2D eigenvalue weighted by Crippen LogP contribution is 2.03. The first-order valence-electron chi connectivity index (χ1n) is 6.75. The van der Waals surface area contributed by atoms with E-state index in [0.29, 0.717) is 31.0 Å². The van der Waals surface area contributed by atoms with E-state index in [-0.39, 0.29) is 5.91 Å². The van der Waals surface area contributed by atoms with Crippen molar-refractivity contribution >= 4 is 23.1 Å². The summed E-state index contributed by atoms with van der Waals surface area (Å²) in [5.41, 5.74) is 5.49. The van der Waals surface area contributed by atoms with Gasteiger partial charge in [-0.3, -0.25) is 4.79 Å². The van der Waals surface area contributed by atoms with Crippen molar-refractivity contribution in [3.05, 3.63) is 0 Å². The number of thiocarbonyl (C=S) groups is 1. The lowest BCUT2D eigenvalue weighted by atomic mass is 10.2. The van der Waals surface area contributed by atoms with Gasteiger partial charge in [-0.2, -0.15) is 0 Å². The average Bonchev–Trinajstić information content (AvgIpc) is 2.34. The number of nitrogens with two attached hydrogens (primary N) is 1. The van der Waals surface area contributed by atoms with Gasteiger partial charge in [-0.15, -0.1) is 0 Å². The first-order chi connectivity index (χ1) is 8.61. The zero-order valence-electron chi connectivity index (χ0n) is 11.6. The highest BCUT2D eigenvalue weighted by molar-refractivity contribution is 7.80. The summed E-state index contributed by atoms with van der Waals surface area (Å²) in [6.45, 7) is 6.83. The van der Waals surface area contributed by atoms with Gasteiger partial charge in [0, 0.05) is 39.1 Å². The summed E-state index contributed by atoms with van der Waals surface area (Å²) in [6, 6.07) is 0. The molecule has 18 heavy (non-hydrogen) atoms. The van der Waals surface area contributed by atoms with Crippen LogP contribution in [0, 0.1) is 0 Å². The summed E-state index contributed by atoms with van der Waals surface area (Å²) in [5, 5.41) is 0. The van der Waals surface area contributed by atoms with Gasteiger partial charge in [0.25, 0.3) is 0 Å². The normalized spacial score (nSPS) is 10.3. The minimum absolute atomic E-state index is 0.199. The molecule has 0 unspecified atom stereocenters. The number of amides is 1. The fourth-order valence-electron chi connectivity index (χ4n) is 1.59. The van der Waals surface area contributed by atoms with Crippen LogP contribution in [0.4, 0.5) is 0 Å². The lowest BCUT2D eigenvalue weighted by Crippen LogP contribution is -2.35. The fourth-order valence-corrected chi connectivity index (χ4v) is 1.69. The van der Waals surface area contributed by atoms with Crippen LogP contribution >= 0.6 is 12.2 Å². The van der Waals surface area contributed by atoms with Crippen molar-refractivity contribution in [2.24, 2.45) is 5.73 Å². The largest absolute Gasteiger partial charge is 0.393 e. The molecule has 106 valence electrons. The topological polar surface area (TPSA) is 55.6 Å². The van der Waals surface area contributed by atoms with E-state index in [1.165, 1.54) is 0 Å². The Kier molecular flexibility index (Phi) is 11.0. The summed E-state index contributed by atoms with van der Waals surface area (Å²) in [7, 11) is 0. The molecule has 0 spiro atoms. The molecule has 0 aliphatic carbocycles. The number of ether oxygens (including phenoxy) is 1. The summed E-state index contributed by atoms with van der Waals surface area (Å²) in [5.74, 6) is 0.199. The second-order valence-electron chi connectivity index (χ2n) is 4.25. The molecule has 4 nitrogen and oxygen atoms in total. The van der Waals surface area contributed by atoms with Gasteiger partial charge in [0.1, 0.15) is 0 Å². The molecular formula is C13H26N2O2S. The number of nitrogens with zero attached hydrogens (tertiary/aromatic N) is 1. The van der Waals surface area contributed by atoms with E-state index in [0.717, 1.165) is 32.4 Å². The van der Waals surface area contributed by atoms with Gasteiger partial charge in [-0.1, -0.05) is 25.6 Å². The van der Waals surface area contributed by atoms with Gasteiger partial charge in [-0.05, 0) is 19.8 Å². The first kappa shape index (κ1) is 17.3. The zero-order valence-corrected chi connectivity index (χ0v) is 12.4. The molecule has 0 bridgehead atoms. The van der Waals surface area contributed by atoms with Crippen molar-refractivity contribution in [3.63, 3.8) is 0 Å². The standard InChI is InChI=1S/C13H26N2O2S/c1-3-5-7-13(16)15(10-8-12(14)18)9-6-11-17-4-2/h3-11H2,1-2H3,(H2,14,18). The maximum Gasteiger partial charge on any atom is 0.222 e. The second-order valence-corrected chi connectivity index (χ2v) is 4.78. The van der Waals surface area contributed by atoms with Crippen molar-refractivity contribution in [2.75, 3.05) is 26.3 Å². The van der Waals surface area contributed by atoms with Crippen LogP contribution in [0.1, 0.15) is 46.0 Å². The van der Waals surface area contributed by atoms with Gasteiger partial charge in [0.15, 0.2) is 0 Å². The van der Waals surface area contributed by atoms with Crippen LogP contribution in [0.25, 0.3) is 0 Å². The number of unbranched alkanes of at least 4 members (excludes halogenated alkanes) is 1. The van der Waals surface area contributed by atoms with Gasteiger partial charge < -0.3 is 15.4 Å². The SMILES string of the molecule is CCCCC(=O)N(CCCOCC)CCC(N)=S. The average molecular weight is 274 g/mol. The third-order valence-corrected chi connectivity index (χ3v) is 2.85. The monoisotopic (exact) mass is 274 g/mol. The van der Waals surface area contributed by atoms with Crippen LogP contribution in [-0.2, 0) is 9.53 Å². The Labute approximate surface area is 116 Å². The molecule has 0 saturated carbocycles. The Morgan fingerprint density at radius 2 is 1.94 bits per heavy atom. The van der Waals surface area contributed by atoms with E-state index in [4.69, 9.17) is 22.7 Å². The number of hydrogen-bond acceptors (Lipinski definition) is 3. The van der Waals surface area contributed by atoms with E-state index in [1.54, 1.807) is 0 Å². The summed E-state index contributed by atoms with van der Waals surface area (Å²) in [6.07, 6.45) is 4.05. The molecule has 0 aromatic heterocycles. The molecule has 0 aliphatic heterocycles. The van der Waals surface area contributed by atoms with Crippen molar-refractivity contribution < 1.29 is 9.53 Å². The molecule has 1 amide bonds. The fraction of sp³-hybridized carbons (Fsp3) is 0.846. The molecule has 0 atom stereocenters. The minimum atomic E-state index is 0.199. The molecular weight excluding hydrogens is 248 g/mol. The molecule has 0 heterocycles. The van der Waals surface area contributed by atoms with E-state index < -0.39 is 0 Å². The van der Waals surface area contributed by atoms with Crippen LogP contribution in [0.5, 0.6) is 0 Å². The number of carbonyl (C=O) groups excluding carboxylic acids is 1. The third-order valence-electron chi connectivity index (χ3n) is 2.65. The third kappa shape index (κ3) is 9.36. The van der Waals surface area contributed by atoms with Crippen molar-refractivity contribution in [2.45, 2.75) is 46.0 Å². The molecule has 0 aliphatic rings.